The molecule has 3 aromatic heterocycles. The van der Waals surface area contributed by atoms with E-state index in [1.165, 1.54) is 24.0 Å². The number of hydrogen-bond donors (Lipinski definition) is 2. The molecule has 7 heteroatoms. The van der Waals surface area contributed by atoms with E-state index in [0.717, 1.165) is 36.7 Å². The summed E-state index contributed by atoms with van der Waals surface area (Å²) in [6, 6.07) is 13.0. The largest absolute Gasteiger partial charge is 0.349 e. The maximum Gasteiger partial charge on any atom is 0.276 e. The fourth-order valence-corrected chi connectivity index (χ4v) is 4.71. The van der Waals surface area contributed by atoms with Crippen molar-refractivity contribution in [3.8, 4) is 5.69 Å². The lowest BCUT2D eigenvalue weighted by molar-refractivity contribution is 0.475. The van der Waals surface area contributed by atoms with Crippen LogP contribution < -0.4 is 16.2 Å². The monoisotopic (exact) mass is 428 g/mol. The molecule has 4 heterocycles. The Bertz CT molecular complexity index is 1370. The molecule has 0 unspecified atom stereocenters. The molecule has 7 nitrogen and oxygen atoms in total. The van der Waals surface area contributed by atoms with Gasteiger partial charge in [-0.05, 0) is 81.1 Å². The number of aromatic nitrogens is 4. The van der Waals surface area contributed by atoms with Crippen LogP contribution >= 0.6 is 0 Å². The van der Waals surface area contributed by atoms with Crippen molar-refractivity contribution in [2.75, 3.05) is 11.9 Å². The second kappa shape index (κ2) is 7.38. The standard InChI is InChI=1S/C25H28N6O/c1-16(2)30-25(32)22-7-8-23(27-19-4-3-17-9-11-26-14-18(17)13-19)28-24(22)31(30)21-10-12-29(15-21)20-5-6-20/h3-4,7-8,10,12-13,15-16,20,26H,5-6,9,11,14H2,1-2H3,(H,27,28). The number of benzene rings is 1. The first-order chi connectivity index (χ1) is 15.6. The molecule has 0 saturated heterocycles. The van der Waals surface area contributed by atoms with Gasteiger partial charge in [0.1, 0.15) is 5.82 Å². The predicted molar refractivity (Wildman–Crippen MR) is 127 cm³/mol. The zero-order valence-electron chi connectivity index (χ0n) is 18.5. The van der Waals surface area contributed by atoms with Crippen LogP contribution in [0.25, 0.3) is 16.7 Å². The molecule has 6 rings (SSSR count). The van der Waals surface area contributed by atoms with Crippen molar-refractivity contribution in [2.45, 2.75) is 51.7 Å². The van der Waals surface area contributed by atoms with Crippen molar-refractivity contribution in [3.63, 3.8) is 0 Å². The van der Waals surface area contributed by atoms with Crippen LogP contribution in [0.2, 0.25) is 0 Å². The van der Waals surface area contributed by atoms with Crippen molar-refractivity contribution >= 4 is 22.5 Å². The van der Waals surface area contributed by atoms with E-state index < -0.39 is 0 Å². The second-order valence-electron chi connectivity index (χ2n) is 9.21. The van der Waals surface area contributed by atoms with Gasteiger partial charge in [0.05, 0.1) is 11.1 Å². The molecule has 1 aliphatic carbocycles. The molecule has 1 fully saturated rings. The Balaban J connectivity index is 1.44. The van der Waals surface area contributed by atoms with Gasteiger partial charge in [-0.2, -0.15) is 0 Å². The average molecular weight is 429 g/mol. The number of fused-ring (bicyclic) bond motifs is 2. The molecule has 0 amide bonds. The molecular formula is C25H28N6O. The van der Waals surface area contributed by atoms with E-state index in [1.807, 2.05) is 30.7 Å². The van der Waals surface area contributed by atoms with Gasteiger partial charge in [-0.3, -0.25) is 4.79 Å². The third kappa shape index (κ3) is 3.24. The number of nitrogens with zero attached hydrogens (tertiary/aromatic N) is 4. The topological polar surface area (TPSA) is 68.8 Å². The highest BCUT2D eigenvalue weighted by atomic mass is 16.1. The van der Waals surface area contributed by atoms with Crippen LogP contribution in [0.4, 0.5) is 11.5 Å². The highest BCUT2D eigenvalue weighted by Crippen LogP contribution is 2.35. The molecular weight excluding hydrogens is 400 g/mol. The maximum atomic E-state index is 13.2. The van der Waals surface area contributed by atoms with Crippen molar-refractivity contribution in [1.29, 1.82) is 0 Å². The highest BCUT2D eigenvalue weighted by Gasteiger charge is 2.25. The molecule has 1 aliphatic heterocycles. The molecule has 0 bridgehead atoms. The summed E-state index contributed by atoms with van der Waals surface area (Å²) in [7, 11) is 0. The quantitative estimate of drug-likeness (QED) is 0.497. The summed E-state index contributed by atoms with van der Waals surface area (Å²) in [6.07, 6.45) is 7.75. The lowest BCUT2D eigenvalue weighted by Crippen LogP contribution is -2.24. The fourth-order valence-electron chi connectivity index (χ4n) is 4.71. The summed E-state index contributed by atoms with van der Waals surface area (Å²) in [5.74, 6) is 0.734. The first kappa shape index (κ1) is 19.4. The molecule has 2 N–H and O–H groups in total. The van der Waals surface area contributed by atoms with Crippen LogP contribution in [-0.4, -0.2) is 25.5 Å². The minimum Gasteiger partial charge on any atom is -0.349 e. The van der Waals surface area contributed by atoms with Gasteiger partial charge in [0, 0.05) is 36.7 Å². The molecule has 0 radical (unpaired) electrons. The Labute approximate surface area is 186 Å². The summed E-state index contributed by atoms with van der Waals surface area (Å²) in [5.41, 5.74) is 5.39. The van der Waals surface area contributed by atoms with Gasteiger partial charge in [-0.25, -0.2) is 14.3 Å². The Morgan fingerprint density at radius 1 is 1.12 bits per heavy atom. The molecule has 1 aromatic carbocycles. The Kier molecular flexibility index (Phi) is 4.47. The van der Waals surface area contributed by atoms with Gasteiger partial charge < -0.3 is 15.2 Å². The Morgan fingerprint density at radius 2 is 2.00 bits per heavy atom. The van der Waals surface area contributed by atoms with Crippen molar-refractivity contribution in [2.24, 2.45) is 0 Å². The SMILES string of the molecule is CC(C)n1c(=O)c2ccc(Nc3ccc4c(c3)CNCC4)nc2n1-c1ccn(C2CC2)c1. The van der Waals surface area contributed by atoms with E-state index in [1.54, 1.807) is 4.68 Å². The number of hydrogen-bond acceptors (Lipinski definition) is 4. The molecule has 32 heavy (non-hydrogen) atoms. The minimum absolute atomic E-state index is 0.00641. The zero-order valence-corrected chi connectivity index (χ0v) is 18.5. The Morgan fingerprint density at radius 3 is 2.81 bits per heavy atom. The van der Waals surface area contributed by atoms with E-state index in [0.29, 0.717) is 17.1 Å². The number of pyridine rings is 1. The lowest BCUT2D eigenvalue weighted by atomic mass is 10.0. The summed E-state index contributed by atoms with van der Waals surface area (Å²) < 4.78 is 6.03. The number of rotatable bonds is 5. The van der Waals surface area contributed by atoms with Crippen LogP contribution in [0.15, 0.2) is 53.6 Å². The summed E-state index contributed by atoms with van der Waals surface area (Å²) in [4.78, 5) is 18.1. The summed E-state index contributed by atoms with van der Waals surface area (Å²) >= 11 is 0. The Hall–Kier alpha value is -3.32. The van der Waals surface area contributed by atoms with Gasteiger partial charge in [-0.15, -0.1) is 0 Å². The van der Waals surface area contributed by atoms with Crippen molar-refractivity contribution < 1.29 is 0 Å². The molecule has 0 atom stereocenters. The van der Waals surface area contributed by atoms with E-state index in [2.05, 4.69) is 51.9 Å². The molecule has 4 aromatic rings. The van der Waals surface area contributed by atoms with Gasteiger partial charge in [0.15, 0.2) is 5.65 Å². The van der Waals surface area contributed by atoms with Crippen LogP contribution in [0.1, 0.15) is 49.9 Å². The van der Waals surface area contributed by atoms with Gasteiger partial charge in [-0.1, -0.05) is 6.07 Å². The third-order valence-electron chi connectivity index (χ3n) is 6.50. The van der Waals surface area contributed by atoms with E-state index >= 15 is 0 Å². The predicted octanol–water partition coefficient (Wildman–Crippen LogP) is 4.29. The van der Waals surface area contributed by atoms with Crippen molar-refractivity contribution in [3.05, 3.63) is 70.3 Å². The number of anilines is 2. The maximum absolute atomic E-state index is 13.2. The summed E-state index contributed by atoms with van der Waals surface area (Å²) in [6.45, 7) is 6.00. The fraction of sp³-hybridized carbons (Fsp3) is 0.360. The average Bonchev–Trinajstić information content (AvgIpc) is 3.46. The smallest absolute Gasteiger partial charge is 0.276 e. The number of nitrogens with one attached hydrogen (secondary N) is 2. The molecule has 164 valence electrons. The van der Waals surface area contributed by atoms with Crippen LogP contribution in [0.5, 0.6) is 0 Å². The minimum atomic E-state index is -0.00641. The van der Waals surface area contributed by atoms with E-state index in [9.17, 15) is 4.79 Å². The van der Waals surface area contributed by atoms with Gasteiger partial charge in [0.25, 0.3) is 5.56 Å². The van der Waals surface area contributed by atoms with Crippen LogP contribution in [-0.2, 0) is 13.0 Å². The first-order valence-electron chi connectivity index (χ1n) is 11.5. The van der Waals surface area contributed by atoms with Gasteiger partial charge >= 0.3 is 0 Å². The van der Waals surface area contributed by atoms with Crippen LogP contribution in [0.3, 0.4) is 0 Å². The summed E-state index contributed by atoms with van der Waals surface area (Å²) in [5, 5.41) is 7.51. The molecule has 1 saturated carbocycles. The van der Waals surface area contributed by atoms with Gasteiger partial charge in [0.2, 0.25) is 0 Å². The van der Waals surface area contributed by atoms with E-state index in [-0.39, 0.29) is 11.6 Å². The zero-order chi connectivity index (χ0) is 21.8. The normalized spacial score (nSPS) is 16.0. The molecule has 0 spiro atoms. The van der Waals surface area contributed by atoms with E-state index in [4.69, 9.17) is 4.98 Å². The highest BCUT2D eigenvalue weighted by molar-refractivity contribution is 5.79. The second-order valence-corrected chi connectivity index (χ2v) is 9.21. The van der Waals surface area contributed by atoms with Crippen molar-refractivity contribution in [1.82, 2.24) is 24.2 Å². The third-order valence-corrected chi connectivity index (χ3v) is 6.50. The first-order valence-corrected chi connectivity index (χ1v) is 11.5. The lowest BCUT2D eigenvalue weighted by Gasteiger charge is -2.18. The van der Waals surface area contributed by atoms with Crippen LogP contribution in [0, 0.1) is 0 Å². The molecule has 2 aliphatic rings.